The van der Waals surface area contributed by atoms with E-state index in [9.17, 15) is 0 Å². The van der Waals surface area contributed by atoms with E-state index >= 15 is 0 Å². The molecule has 2 rings (SSSR count). The minimum atomic E-state index is 0.447. The van der Waals surface area contributed by atoms with Crippen LogP contribution in [0.3, 0.4) is 0 Å². The lowest BCUT2D eigenvalue weighted by Gasteiger charge is -2.40. The Hall–Kier alpha value is -0.900. The molecular weight excluding hydrogens is 224 g/mol. The third-order valence-corrected chi connectivity index (χ3v) is 4.08. The second-order valence-corrected chi connectivity index (χ2v) is 5.86. The first-order chi connectivity index (χ1) is 8.52. The van der Waals surface area contributed by atoms with Crippen LogP contribution < -0.4 is 5.32 Å². The number of hydrogen-bond acceptors (Lipinski definition) is 3. The number of rotatable bonds is 3. The highest BCUT2D eigenvalue weighted by atomic mass is 15.4. The second-order valence-electron chi connectivity index (χ2n) is 5.86. The fourth-order valence-corrected chi connectivity index (χ4v) is 3.54. The van der Waals surface area contributed by atoms with Crippen LogP contribution in [-0.2, 0) is 0 Å². The molecule has 1 fully saturated rings. The van der Waals surface area contributed by atoms with Crippen LogP contribution in [0.2, 0.25) is 0 Å². The molecule has 1 aliphatic carbocycles. The third kappa shape index (κ3) is 2.58. The third-order valence-electron chi connectivity index (χ3n) is 4.08. The van der Waals surface area contributed by atoms with E-state index in [1.54, 1.807) is 0 Å². The standard InChI is InChI=1S/C14H26N4/c1-6-15-13-8-9(2)7-10(3)14(13)18-12(5)16-11(4)17-18/h9-10,13-15H,6-8H2,1-5H3. The SMILES string of the molecule is CCNC1CC(C)CC(C)C1n1nc(C)nc1C. The number of hydrogen-bond donors (Lipinski definition) is 1. The number of nitrogens with one attached hydrogen (secondary N) is 1. The molecule has 0 amide bonds. The first-order valence-corrected chi connectivity index (χ1v) is 7.16. The Morgan fingerprint density at radius 2 is 2.00 bits per heavy atom. The molecule has 1 aliphatic rings. The van der Waals surface area contributed by atoms with Crippen molar-refractivity contribution in [3.8, 4) is 0 Å². The summed E-state index contributed by atoms with van der Waals surface area (Å²) in [4.78, 5) is 4.46. The van der Waals surface area contributed by atoms with E-state index in [0.29, 0.717) is 18.0 Å². The van der Waals surface area contributed by atoms with Crippen molar-refractivity contribution in [2.45, 2.75) is 59.5 Å². The predicted octanol–water partition coefficient (Wildman–Crippen LogP) is 2.48. The molecule has 0 spiro atoms. The highest BCUT2D eigenvalue weighted by molar-refractivity contribution is 4.97. The van der Waals surface area contributed by atoms with Gasteiger partial charge in [0, 0.05) is 6.04 Å². The summed E-state index contributed by atoms with van der Waals surface area (Å²) in [6, 6.07) is 0.968. The van der Waals surface area contributed by atoms with Crippen LogP contribution in [0, 0.1) is 25.7 Å². The Morgan fingerprint density at radius 3 is 2.56 bits per heavy atom. The number of likely N-dealkylation sites (N-methyl/N-ethyl adjacent to an activating group) is 1. The van der Waals surface area contributed by atoms with Gasteiger partial charge in [0.1, 0.15) is 11.6 Å². The lowest BCUT2D eigenvalue weighted by molar-refractivity contribution is 0.142. The first kappa shape index (κ1) is 13.5. The molecule has 18 heavy (non-hydrogen) atoms. The average Bonchev–Trinajstić information content (AvgIpc) is 2.57. The monoisotopic (exact) mass is 250 g/mol. The number of aryl methyl sites for hydroxylation is 2. The Kier molecular flexibility index (Phi) is 4.05. The van der Waals surface area contributed by atoms with E-state index in [1.165, 1.54) is 12.8 Å². The molecule has 4 unspecified atom stereocenters. The summed E-state index contributed by atoms with van der Waals surface area (Å²) in [5.74, 6) is 3.37. The largest absolute Gasteiger partial charge is 0.312 e. The minimum absolute atomic E-state index is 0.447. The van der Waals surface area contributed by atoms with Crippen LogP contribution >= 0.6 is 0 Å². The molecule has 4 nitrogen and oxygen atoms in total. The molecular formula is C14H26N4. The van der Waals surface area contributed by atoms with Gasteiger partial charge in [0.25, 0.3) is 0 Å². The zero-order valence-corrected chi connectivity index (χ0v) is 12.3. The van der Waals surface area contributed by atoms with Crippen molar-refractivity contribution >= 4 is 0 Å². The van der Waals surface area contributed by atoms with Crippen LogP contribution in [0.5, 0.6) is 0 Å². The van der Waals surface area contributed by atoms with E-state index in [2.05, 4.69) is 47.8 Å². The summed E-state index contributed by atoms with van der Waals surface area (Å²) in [7, 11) is 0. The Bertz CT molecular complexity index is 398. The van der Waals surface area contributed by atoms with Crippen molar-refractivity contribution in [1.29, 1.82) is 0 Å². The minimum Gasteiger partial charge on any atom is -0.312 e. The van der Waals surface area contributed by atoms with Gasteiger partial charge in [0.15, 0.2) is 0 Å². The van der Waals surface area contributed by atoms with Gasteiger partial charge in [-0.25, -0.2) is 9.67 Å². The van der Waals surface area contributed by atoms with E-state index in [4.69, 9.17) is 0 Å². The second kappa shape index (κ2) is 5.39. The van der Waals surface area contributed by atoms with Crippen LogP contribution in [0.1, 0.15) is 51.3 Å². The van der Waals surface area contributed by atoms with Crippen molar-refractivity contribution in [3.63, 3.8) is 0 Å². The van der Waals surface area contributed by atoms with E-state index in [-0.39, 0.29) is 0 Å². The molecule has 0 bridgehead atoms. The van der Waals surface area contributed by atoms with Crippen molar-refractivity contribution in [3.05, 3.63) is 11.6 Å². The van der Waals surface area contributed by atoms with Crippen LogP contribution in [0.4, 0.5) is 0 Å². The maximum Gasteiger partial charge on any atom is 0.147 e. The van der Waals surface area contributed by atoms with Gasteiger partial charge in [-0.3, -0.25) is 0 Å². The predicted molar refractivity (Wildman–Crippen MR) is 73.6 cm³/mol. The van der Waals surface area contributed by atoms with Gasteiger partial charge >= 0.3 is 0 Å². The molecule has 102 valence electrons. The lowest BCUT2D eigenvalue weighted by atomic mass is 9.76. The molecule has 0 radical (unpaired) electrons. The fourth-order valence-electron chi connectivity index (χ4n) is 3.54. The smallest absolute Gasteiger partial charge is 0.147 e. The van der Waals surface area contributed by atoms with Gasteiger partial charge in [-0.1, -0.05) is 20.8 Å². The van der Waals surface area contributed by atoms with Crippen LogP contribution in [-0.4, -0.2) is 27.4 Å². The normalized spacial score (nSPS) is 32.7. The van der Waals surface area contributed by atoms with Gasteiger partial charge in [-0.05, 0) is 45.1 Å². The highest BCUT2D eigenvalue weighted by Crippen LogP contribution is 2.37. The molecule has 1 saturated carbocycles. The molecule has 0 aromatic carbocycles. The summed E-state index contributed by atoms with van der Waals surface area (Å²) in [5.41, 5.74) is 0. The summed E-state index contributed by atoms with van der Waals surface area (Å²) in [6.45, 7) is 11.9. The molecule has 1 aromatic rings. The summed E-state index contributed by atoms with van der Waals surface area (Å²) in [5, 5.41) is 8.25. The average molecular weight is 250 g/mol. The van der Waals surface area contributed by atoms with Crippen molar-refractivity contribution in [1.82, 2.24) is 20.1 Å². The van der Waals surface area contributed by atoms with Gasteiger partial charge in [0.2, 0.25) is 0 Å². The lowest BCUT2D eigenvalue weighted by Crippen LogP contribution is -2.46. The maximum atomic E-state index is 4.61. The van der Waals surface area contributed by atoms with Crippen LogP contribution in [0.25, 0.3) is 0 Å². The quantitative estimate of drug-likeness (QED) is 0.896. The molecule has 1 aromatic heterocycles. The van der Waals surface area contributed by atoms with E-state index in [1.807, 2.05) is 6.92 Å². The van der Waals surface area contributed by atoms with Crippen molar-refractivity contribution in [2.75, 3.05) is 6.54 Å². The maximum absolute atomic E-state index is 4.61. The molecule has 0 aliphatic heterocycles. The number of nitrogens with zero attached hydrogens (tertiary/aromatic N) is 3. The number of aromatic nitrogens is 3. The van der Waals surface area contributed by atoms with Crippen molar-refractivity contribution in [2.24, 2.45) is 11.8 Å². The Morgan fingerprint density at radius 1 is 1.28 bits per heavy atom. The zero-order valence-electron chi connectivity index (χ0n) is 12.3. The summed E-state index contributed by atoms with van der Waals surface area (Å²) < 4.78 is 2.15. The zero-order chi connectivity index (χ0) is 13.3. The van der Waals surface area contributed by atoms with E-state index in [0.717, 1.165) is 24.1 Å². The van der Waals surface area contributed by atoms with E-state index < -0.39 is 0 Å². The fraction of sp³-hybridized carbons (Fsp3) is 0.857. The van der Waals surface area contributed by atoms with Gasteiger partial charge in [-0.2, -0.15) is 5.10 Å². The highest BCUT2D eigenvalue weighted by Gasteiger charge is 2.36. The van der Waals surface area contributed by atoms with Gasteiger partial charge in [-0.15, -0.1) is 0 Å². The van der Waals surface area contributed by atoms with Gasteiger partial charge in [0.05, 0.1) is 6.04 Å². The molecule has 0 saturated heterocycles. The Balaban J connectivity index is 2.29. The first-order valence-electron chi connectivity index (χ1n) is 7.16. The molecule has 1 N–H and O–H groups in total. The van der Waals surface area contributed by atoms with Crippen molar-refractivity contribution < 1.29 is 0 Å². The van der Waals surface area contributed by atoms with Gasteiger partial charge < -0.3 is 5.32 Å². The molecule has 4 atom stereocenters. The Labute approximate surface area is 110 Å². The molecule has 1 heterocycles. The topological polar surface area (TPSA) is 42.7 Å². The summed E-state index contributed by atoms with van der Waals surface area (Å²) >= 11 is 0. The summed E-state index contributed by atoms with van der Waals surface area (Å²) in [6.07, 6.45) is 2.52. The molecule has 4 heteroatoms. The van der Waals surface area contributed by atoms with Crippen LogP contribution in [0.15, 0.2) is 0 Å².